The third kappa shape index (κ3) is 2.95. The summed E-state index contributed by atoms with van der Waals surface area (Å²) in [6.45, 7) is 3.02. The number of hydrogen-bond donors (Lipinski definition) is 2. The van der Waals surface area contributed by atoms with E-state index in [4.69, 9.17) is 10.5 Å². The van der Waals surface area contributed by atoms with Crippen LogP contribution in [0.25, 0.3) is 0 Å². The molecule has 0 amide bonds. The lowest BCUT2D eigenvalue weighted by Gasteiger charge is -2.11. The summed E-state index contributed by atoms with van der Waals surface area (Å²) >= 11 is 0. The van der Waals surface area contributed by atoms with Gasteiger partial charge in [0, 0.05) is 24.0 Å². The zero-order valence-corrected chi connectivity index (χ0v) is 10.3. The van der Waals surface area contributed by atoms with Crippen LogP contribution in [-0.2, 0) is 6.54 Å². The van der Waals surface area contributed by atoms with Crippen molar-refractivity contribution < 1.29 is 4.74 Å². The standard InChI is InChI=1S/C13H16N4O/c1-2-18-12-4-3-11(7-10(12)8-14)17-13-5-6-15-9-16-13/h3-7,9H,2,8,14H2,1H3,(H,15,16,17). The molecule has 5 nitrogen and oxygen atoms in total. The topological polar surface area (TPSA) is 73.1 Å². The first-order valence-corrected chi connectivity index (χ1v) is 5.82. The summed E-state index contributed by atoms with van der Waals surface area (Å²) < 4.78 is 5.50. The summed E-state index contributed by atoms with van der Waals surface area (Å²) in [7, 11) is 0. The van der Waals surface area contributed by atoms with E-state index >= 15 is 0 Å². The molecule has 0 saturated heterocycles. The summed E-state index contributed by atoms with van der Waals surface area (Å²) in [5, 5.41) is 3.19. The molecule has 2 aromatic rings. The molecule has 0 radical (unpaired) electrons. The van der Waals surface area contributed by atoms with Gasteiger partial charge in [0.25, 0.3) is 0 Å². The summed E-state index contributed by atoms with van der Waals surface area (Å²) in [5.41, 5.74) is 7.61. The van der Waals surface area contributed by atoms with E-state index in [0.29, 0.717) is 13.2 Å². The van der Waals surface area contributed by atoms with Gasteiger partial charge in [-0.2, -0.15) is 0 Å². The van der Waals surface area contributed by atoms with Crippen molar-refractivity contribution in [3.8, 4) is 5.75 Å². The van der Waals surface area contributed by atoms with Gasteiger partial charge in [0.05, 0.1) is 6.61 Å². The van der Waals surface area contributed by atoms with E-state index in [1.54, 1.807) is 12.3 Å². The van der Waals surface area contributed by atoms with E-state index in [1.807, 2.05) is 25.1 Å². The Hall–Kier alpha value is -2.14. The molecule has 0 aliphatic carbocycles. The van der Waals surface area contributed by atoms with Crippen LogP contribution in [0.5, 0.6) is 5.75 Å². The van der Waals surface area contributed by atoms with Crippen molar-refractivity contribution in [2.75, 3.05) is 11.9 Å². The fraction of sp³-hybridized carbons (Fsp3) is 0.231. The molecule has 18 heavy (non-hydrogen) atoms. The van der Waals surface area contributed by atoms with Crippen LogP contribution in [0.2, 0.25) is 0 Å². The summed E-state index contributed by atoms with van der Waals surface area (Å²) in [4.78, 5) is 7.97. The van der Waals surface area contributed by atoms with Crippen molar-refractivity contribution in [2.24, 2.45) is 5.73 Å². The highest BCUT2D eigenvalue weighted by Crippen LogP contribution is 2.24. The number of benzene rings is 1. The Bertz CT molecular complexity index is 502. The monoisotopic (exact) mass is 244 g/mol. The zero-order valence-electron chi connectivity index (χ0n) is 10.3. The van der Waals surface area contributed by atoms with E-state index in [0.717, 1.165) is 22.8 Å². The van der Waals surface area contributed by atoms with Crippen LogP contribution in [0.3, 0.4) is 0 Å². The quantitative estimate of drug-likeness (QED) is 0.842. The van der Waals surface area contributed by atoms with Crippen molar-refractivity contribution in [2.45, 2.75) is 13.5 Å². The van der Waals surface area contributed by atoms with Crippen molar-refractivity contribution in [3.05, 3.63) is 42.4 Å². The normalized spacial score (nSPS) is 10.1. The van der Waals surface area contributed by atoms with Gasteiger partial charge in [0.2, 0.25) is 0 Å². The molecule has 0 bridgehead atoms. The molecule has 0 atom stereocenters. The third-order valence-electron chi connectivity index (χ3n) is 2.43. The van der Waals surface area contributed by atoms with Gasteiger partial charge >= 0.3 is 0 Å². The smallest absolute Gasteiger partial charge is 0.133 e. The Labute approximate surface area is 106 Å². The lowest BCUT2D eigenvalue weighted by atomic mass is 10.1. The number of nitrogens with two attached hydrogens (primary N) is 1. The molecule has 2 rings (SSSR count). The highest BCUT2D eigenvalue weighted by molar-refractivity contribution is 5.58. The first kappa shape index (κ1) is 12.3. The molecule has 1 aromatic heterocycles. The lowest BCUT2D eigenvalue weighted by molar-refractivity contribution is 0.336. The minimum atomic E-state index is 0.439. The Morgan fingerprint density at radius 3 is 2.89 bits per heavy atom. The number of nitrogens with one attached hydrogen (secondary N) is 1. The molecule has 0 spiro atoms. The number of ether oxygens (including phenoxy) is 1. The molecular formula is C13H16N4O. The van der Waals surface area contributed by atoms with Crippen LogP contribution in [0.4, 0.5) is 11.5 Å². The molecule has 5 heteroatoms. The SMILES string of the molecule is CCOc1ccc(Nc2ccncn2)cc1CN. The zero-order chi connectivity index (χ0) is 12.8. The first-order chi connectivity index (χ1) is 8.83. The number of rotatable bonds is 5. The summed E-state index contributed by atoms with van der Waals surface area (Å²) in [6.07, 6.45) is 3.19. The van der Waals surface area contributed by atoms with Crippen LogP contribution in [0, 0.1) is 0 Å². The average Bonchev–Trinajstić information content (AvgIpc) is 2.42. The maximum absolute atomic E-state index is 5.71. The summed E-state index contributed by atoms with van der Waals surface area (Å²) in [6, 6.07) is 7.62. The highest BCUT2D eigenvalue weighted by Gasteiger charge is 2.04. The minimum Gasteiger partial charge on any atom is -0.494 e. The Kier molecular flexibility index (Phi) is 4.09. The number of anilines is 2. The van der Waals surface area contributed by atoms with E-state index in [2.05, 4.69) is 15.3 Å². The van der Waals surface area contributed by atoms with Gasteiger partial charge < -0.3 is 15.8 Å². The maximum atomic E-state index is 5.71. The van der Waals surface area contributed by atoms with E-state index in [1.165, 1.54) is 6.33 Å². The predicted molar refractivity (Wildman–Crippen MR) is 70.8 cm³/mol. The second-order valence-corrected chi connectivity index (χ2v) is 3.68. The molecule has 1 heterocycles. The summed E-state index contributed by atoms with van der Waals surface area (Å²) in [5.74, 6) is 1.57. The van der Waals surface area contributed by atoms with Gasteiger partial charge in [0.15, 0.2) is 0 Å². The Balaban J connectivity index is 2.19. The Morgan fingerprint density at radius 2 is 2.22 bits per heavy atom. The molecule has 94 valence electrons. The van der Waals surface area contributed by atoms with Crippen LogP contribution in [0.1, 0.15) is 12.5 Å². The average molecular weight is 244 g/mol. The molecule has 0 aliphatic rings. The van der Waals surface area contributed by atoms with Gasteiger partial charge in [0.1, 0.15) is 17.9 Å². The molecule has 3 N–H and O–H groups in total. The van der Waals surface area contributed by atoms with Crippen LogP contribution >= 0.6 is 0 Å². The van der Waals surface area contributed by atoms with E-state index in [-0.39, 0.29) is 0 Å². The lowest BCUT2D eigenvalue weighted by Crippen LogP contribution is -2.03. The Morgan fingerprint density at radius 1 is 1.33 bits per heavy atom. The molecule has 0 saturated carbocycles. The van der Waals surface area contributed by atoms with Gasteiger partial charge in [-0.1, -0.05) is 0 Å². The van der Waals surface area contributed by atoms with Gasteiger partial charge in [-0.25, -0.2) is 9.97 Å². The van der Waals surface area contributed by atoms with Crippen LogP contribution in [-0.4, -0.2) is 16.6 Å². The van der Waals surface area contributed by atoms with Crippen LogP contribution < -0.4 is 15.8 Å². The second kappa shape index (κ2) is 5.97. The molecule has 0 fully saturated rings. The molecule has 1 aromatic carbocycles. The van der Waals surface area contributed by atoms with Gasteiger partial charge in [-0.05, 0) is 31.2 Å². The second-order valence-electron chi connectivity index (χ2n) is 3.68. The van der Waals surface area contributed by atoms with E-state index < -0.39 is 0 Å². The number of hydrogen-bond acceptors (Lipinski definition) is 5. The van der Waals surface area contributed by atoms with Crippen molar-refractivity contribution in [1.82, 2.24) is 9.97 Å². The van der Waals surface area contributed by atoms with Crippen molar-refractivity contribution in [1.29, 1.82) is 0 Å². The third-order valence-corrected chi connectivity index (χ3v) is 2.43. The highest BCUT2D eigenvalue weighted by atomic mass is 16.5. The fourth-order valence-corrected chi connectivity index (χ4v) is 1.63. The van der Waals surface area contributed by atoms with Gasteiger partial charge in [-0.3, -0.25) is 0 Å². The van der Waals surface area contributed by atoms with Gasteiger partial charge in [-0.15, -0.1) is 0 Å². The molecule has 0 unspecified atom stereocenters. The van der Waals surface area contributed by atoms with E-state index in [9.17, 15) is 0 Å². The largest absolute Gasteiger partial charge is 0.494 e. The van der Waals surface area contributed by atoms with Crippen LogP contribution in [0.15, 0.2) is 36.8 Å². The number of nitrogens with zero attached hydrogens (tertiary/aromatic N) is 2. The van der Waals surface area contributed by atoms with Crippen molar-refractivity contribution in [3.63, 3.8) is 0 Å². The number of aromatic nitrogens is 2. The molecule has 0 aliphatic heterocycles. The first-order valence-electron chi connectivity index (χ1n) is 5.82. The minimum absolute atomic E-state index is 0.439. The molecular weight excluding hydrogens is 228 g/mol. The van der Waals surface area contributed by atoms with Crippen molar-refractivity contribution >= 4 is 11.5 Å². The fourth-order valence-electron chi connectivity index (χ4n) is 1.63. The maximum Gasteiger partial charge on any atom is 0.133 e. The predicted octanol–water partition coefficient (Wildman–Crippen LogP) is 2.08.